The van der Waals surface area contributed by atoms with Gasteiger partial charge in [0.15, 0.2) is 0 Å². The second-order valence-electron chi connectivity index (χ2n) is 4.00. The zero-order chi connectivity index (χ0) is 12.6. The van der Waals surface area contributed by atoms with Crippen LogP contribution >= 0.6 is 0 Å². The van der Waals surface area contributed by atoms with Crippen LogP contribution in [0.4, 0.5) is 10.1 Å². The van der Waals surface area contributed by atoms with Crippen molar-refractivity contribution in [3.63, 3.8) is 0 Å². The van der Waals surface area contributed by atoms with Crippen LogP contribution in [0, 0.1) is 19.7 Å². The third kappa shape index (κ3) is 1.93. The lowest BCUT2D eigenvalue weighted by atomic mass is 10.2. The lowest BCUT2D eigenvalue weighted by molar-refractivity contribution is 0.626. The molecule has 17 heavy (non-hydrogen) atoms. The van der Waals surface area contributed by atoms with Crippen molar-refractivity contribution in [2.75, 3.05) is 5.73 Å². The number of pyridine rings is 1. The van der Waals surface area contributed by atoms with E-state index in [0.717, 1.165) is 11.3 Å². The summed E-state index contributed by atoms with van der Waals surface area (Å²) in [4.78, 5) is 12.0. The van der Waals surface area contributed by atoms with Crippen LogP contribution in [0.5, 0.6) is 0 Å². The summed E-state index contributed by atoms with van der Waals surface area (Å²) < 4.78 is 14.6. The first-order valence-corrected chi connectivity index (χ1v) is 5.25. The highest BCUT2D eigenvalue weighted by Gasteiger charge is 2.09. The number of halogens is 1. The molecule has 0 aliphatic rings. The predicted molar refractivity (Wildman–Crippen MR) is 65.9 cm³/mol. The highest BCUT2D eigenvalue weighted by atomic mass is 19.1. The average Bonchev–Trinajstić information content (AvgIpc) is 2.26. The summed E-state index contributed by atoms with van der Waals surface area (Å²) in [7, 11) is 0. The first-order valence-electron chi connectivity index (χ1n) is 5.25. The number of benzene rings is 1. The van der Waals surface area contributed by atoms with E-state index in [1.54, 1.807) is 26.0 Å². The van der Waals surface area contributed by atoms with Crippen LogP contribution in [-0.4, -0.2) is 4.57 Å². The molecule has 1 heterocycles. The van der Waals surface area contributed by atoms with Crippen molar-refractivity contribution in [2.45, 2.75) is 13.8 Å². The van der Waals surface area contributed by atoms with Crippen molar-refractivity contribution >= 4 is 5.69 Å². The van der Waals surface area contributed by atoms with Crippen LogP contribution in [0.1, 0.15) is 11.3 Å². The van der Waals surface area contributed by atoms with Crippen molar-refractivity contribution in [1.82, 2.24) is 4.57 Å². The summed E-state index contributed by atoms with van der Waals surface area (Å²) in [5, 5.41) is 0. The number of anilines is 1. The summed E-state index contributed by atoms with van der Waals surface area (Å²) in [5.41, 5.74) is 7.53. The molecule has 0 aliphatic carbocycles. The molecule has 0 spiro atoms. The molecule has 0 radical (unpaired) electrons. The van der Waals surface area contributed by atoms with Gasteiger partial charge in [-0.3, -0.25) is 9.36 Å². The van der Waals surface area contributed by atoms with Crippen molar-refractivity contribution in [3.8, 4) is 5.69 Å². The van der Waals surface area contributed by atoms with Crippen LogP contribution < -0.4 is 11.3 Å². The zero-order valence-corrected chi connectivity index (χ0v) is 9.70. The van der Waals surface area contributed by atoms with Crippen molar-refractivity contribution in [3.05, 3.63) is 57.8 Å². The van der Waals surface area contributed by atoms with E-state index >= 15 is 0 Å². The van der Waals surface area contributed by atoms with Crippen LogP contribution in [-0.2, 0) is 0 Å². The topological polar surface area (TPSA) is 48.0 Å². The summed E-state index contributed by atoms with van der Waals surface area (Å²) in [5.74, 6) is -0.382. The van der Waals surface area contributed by atoms with Crippen LogP contribution in [0.15, 0.2) is 35.1 Å². The van der Waals surface area contributed by atoms with E-state index in [2.05, 4.69) is 0 Å². The van der Waals surface area contributed by atoms with E-state index < -0.39 is 0 Å². The maximum atomic E-state index is 13.1. The Labute approximate surface area is 98.3 Å². The minimum absolute atomic E-state index is 0.194. The van der Waals surface area contributed by atoms with E-state index in [1.165, 1.54) is 16.7 Å². The van der Waals surface area contributed by atoms with Crippen LogP contribution in [0.2, 0.25) is 0 Å². The smallest absolute Gasteiger partial charge is 0.278 e. The number of rotatable bonds is 1. The Bertz CT molecular complexity index is 632. The molecule has 0 saturated carbocycles. The summed E-state index contributed by atoms with van der Waals surface area (Å²) in [6, 6.07) is 7.69. The first-order chi connectivity index (χ1) is 8.00. The Morgan fingerprint density at radius 2 is 1.94 bits per heavy atom. The van der Waals surface area contributed by atoms with Gasteiger partial charge in [0.25, 0.3) is 5.56 Å². The monoisotopic (exact) mass is 232 g/mol. The highest BCUT2D eigenvalue weighted by molar-refractivity contribution is 5.48. The third-order valence-corrected chi connectivity index (χ3v) is 2.70. The van der Waals surface area contributed by atoms with Gasteiger partial charge >= 0.3 is 0 Å². The fourth-order valence-electron chi connectivity index (χ4n) is 1.84. The number of nitrogens with zero attached hydrogens (tertiary/aromatic N) is 1. The van der Waals surface area contributed by atoms with Gasteiger partial charge < -0.3 is 5.73 Å². The lowest BCUT2D eigenvalue weighted by Crippen LogP contribution is -2.24. The van der Waals surface area contributed by atoms with Gasteiger partial charge in [0, 0.05) is 5.69 Å². The largest absolute Gasteiger partial charge is 0.394 e. The Morgan fingerprint density at radius 1 is 1.24 bits per heavy atom. The Kier molecular flexibility index (Phi) is 2.71. The van der Waals surface area contributed by atoms with Crippen LogP contribution in [0.25, 0.3) is 5.69 Å². The quantitative estimate of drug-likeness (QED) is 0.819. The third-order valence-electron chi connectivity index (χ3n) is 2.70. The minimum Gasteiger partial charge on any atom is -0.394 e. The standard InChI is InChI=1S/C13H13FN2O/c1-8-6-9(2)16(13(17)12(8)15)11-5-3-4-10(14)7-11/h3-7H,15H2,1-2H3. The Balaban J connectivity index is 2.77. The van der Waals surface area contributed by atoms with E-state index in [0.29, 0.717) is 5.69 Å². The molecule has 0 unspecified atom stereocenters. The van der Waals surface area contributed by atoms with E-state index in [1.807, 2.05) is 6.07 Å². The molecule has 2 N–H and O–H groups in total. The van der Waals surface area contributed by atoms with Gasteiger partial charge in [-0.25, -0.2) is 4.39 Å². The van der Waals surface area contributed by atoms with E-state index in [-0.39, 0.29) is 17.1 Å². The number of hydrogen-bond donors (Lipinski definition) is 1. The maximum absolute atomic E-state index is 13.1. The molecule has 4 heteroatoms. The normalized spacial score (nSPS) is 10.5. The molecular weight excluding hydrogens is 219 g/mol. The molecule has 3 nitrogen and oxygen atoms in total. The molecule has 0 atom stereocenters. The maximum Gasteiger partial charge on any atom is 0.278 e. The Morgan fingerprint density at radius 3 is 2.59 bits per heavy atom. The number of nitrogen functional groups attached to an aromatic ring is 1. The lowest BCUT2D eigenvalue weighted by Gasteiger charge is -2.12. The molecular formula is C13H13FN2O. The zero-order valence-electron chi connectivity index (χ0n) is 9.70. The van der Waals surface area contributed by atoms with E-state index in [4.69, 9.17) is 5.73 Å². The van der Waals surface area contributed by atoms with Gasteiger partial charge in [0.1, 0.15) is 11.5 Å². The first kappa shape index (κ1) is 11.4. The molecule has 0 saturated heterocycles. The fraction of sp³-hybridized carbons (Fsp3) is 0.154. The van der Waals surface area contributed by atoms with Gasteiger partial charge in [-0.1, -0.05) is 6.07 Å². The van der Waals surface area contributed by atoms with Gasteiger partial charge in [0.05, 0.1) is 5.69 Å². The van der Waals surface area contributed by atoms with Crippen molar-refractivity contribution in [2.24, 2.45) is 0 Å². The minimum atomic E-state index is -0.382. The second-order valence-corrected chi connectivity index (χ2v) is 4.00. The number of hydrogen-bond acceptors (Lipinski definition) is 2. The summed E-state index contributed by atoms with van der Waals surface area (Å²) in [6.07, 6.45) is 0. The predicted octanol–water partition coefficient (Wildman–Crippen LogP) is 2.18. The molecule has 88 valence electrons. The van der Waals surface area contributed by atoms with Crippen LogP contribution in [0.3, 0.4) is 0 Å². The van der Waals surface area contributed by atoms with Gasteiger partial charge in [-0.15, -0.1) is 0 Å². The number of aryl methyl sites for hydroxylation is 2. The Hall–Kier alpha value is -2.10. The molecule has 2 rings (SSSR count). The fourth-order valence-corrected chi connectivity index (χ4v) is 1.84. The van der Waals surface area contributed by atoms with Crippen molar-refractivity contribution in [1.29, 1.82) is 0 Å². The molecule has 0 amide bonds. The molecule has 1 aromatic heterocycles. The summed E-state index contributed by atoms with van der Waals surface area (Å²) in [6.45, 7) is 3.57. The molecule has 0 fully saturated rings. The molecule has 2 aromatic rings. The molecule has 0 aliphatic heterocycles. The highest BCUT2D eigenvalue weighted by Crippen LogP contribution is 2.14. The van der Waals surface area contributed by atoms with Gasteiger partial charge in [-0.05, 0) is 43.7 Å². The number of nitrogens with two attached hydrogens (primary N) is 1. The molecule has 1 aromatic carbocycles. The average molecular weight is 232 g/mol. The summed E-state index contributed by atoms with van der Waals surface area (Å²) >= 11 is 0. The number of aromatic nitrogens is 1. The van der Waals surface area contributed by atoms with Crippen molar-refractivity contribution < 1.29 is 4.39 Å². The second kappa shape index (κ2) is 4.05. The molecule has 0 bridgehead atoms. The van der Waals surface area contributed by atoms with E-state index in [9.17, 15) is 9.18 Å². The SMILES string of the molecule is Cc1cc(C)n(-c2cccc(F)c2)c(=O)c1N. The van der Waals surface area contributed by atoms with Gasteiger partial charge in [0.2, 0.25) is 0 Å². The van der Waals surface area contributed by atoms with Gasteiger partial charge in [-0.2, -0.15) is 0 Å².